The number of thioether (sulfide) groups is 1. The molecule has 0 aromatic rings. The second-order valence-electron chi connectivity index (χ2n) is 2.99. The molecule has 0 amide bonds. The predicted molar refractivity (Wildman–Crippen MR) is 60.0 cm³/mol. The molecule has 4 heteroatoms. The van der Waals surface area contributed by atoms with Crippen LogP contribution in [-0.4, -0.2) is 30.1 Å². The number of hydrogen-bond donors (Lipinski definition) is 1. The predicted octanol–water partition coefficient (Wildman–Crippen LogP) is 1.02. The first-order chi connectivity index (χ1) is 6.60. The van der Waals surface area contributed by atoms with E-state index in [1.54, 1.807) is 11.8 Å². The Labute approximate surface area is 89.8 Å². The number of esters is 1. The molecule has 0 aromatic carbocycles. The first kappa shape index (κ1) is 13.3. The van der Waals surface area contributed by atoms with E-state index in [-0.39, 0.29) is 0 Å². The highest BCUT2D eigenvalue weighted by Gasteiger charge is 2.32. The van der Waals surface area contributed by atoms with E-state index in [0.29, 0.717) is 13.0 Å². The lowest BCUT2D eigenvalue weighted by Crippen LogP contribution is -2.48. The van der Waals surface area contributed by atoms with Gasteiger partial charge in [-0.15, -0.1) is 6.42 Å². The van der Waals surface area contributed by atoms with E-state index in [4.69, 9.17) is 16.9 Å². The number of nitrogens with two attached hydrogens (primary N) is 1. The summed E-state index contributed by atoms with van der Waals surface area (Å²) in [7, 11) is 0. The molecule has 0 aliphatic rings. The van der Waals surface area contributed by atoms with E-state index in [9.17, 15) is 4.79 Å². The molecule has 0 fully saturated rings. The van der Waals surface area contributed by atoms with Crippen molar-refractivity contribution in [1.82, 2.24) is 0 Å². The van der Waals surface area contributed by atoms with Gasteiger partial charge in [0.05, 0.1) is 6.61 Å². The Kier molecular flexibility index (Phi) is 6.43. The molecule has 1 atom stereocenters. The molecular formula is C10H17NO2S. The summed E-state index contributed by atoms with van der Waals surface area (Å²) in [5, 5.41) is 0. The summed E-state index contributed by atoms with van der Waals surface area (Å²) in [4.78, 5) is 11.5. The van der Waals surface area contributed by atoms with E-state index in [1.807, 2.05) is 13.2 Å². The number of hydrogen-bond acceptors (Lipinski definition) is 4. The molecule has 0 rings (SSSR count). The van der Waals surface area contributed by atoms with Gasteiger partial charge >= 0.3 is 5.97 Å². The molecule has 14 heavy (non-hydrogen) atoms. The molecule has 0 radical (unpaired) electrons. The molecule has 0 bridgehead atoms. The number of rotatable bonds is 6. The van der Waals surface area contributed by atoms with Crippen LogP contribution in [0, 0.1) is 12.3 Å². The topological polar surface area (TPSA) is 52.3 Å². The largest absolute Gasteiger partial charge is 0.464 e. The van der Waals surface area contributed by atoms with Crippen molar-refractivity contribution >= 4 is 17.7 Å². The van der Waals surface area contributed by atoms with Gasteiger partial charge in [-0.05, 0) is 24.9 Å². The van der Waals surface area contributed by atoms with Crippen molar-refractivity contribution in [2.75, 3.05) is 18.6 Å². The zero-order chi connectivity index (χ0) is 11.0. The third-order valence-electron chi connectivity index (χ3n) is 1.76. The van der Waals surface area contributed by atoms with Gasteiger partial charge in [-0.2, -0.15) is 11.8 Å². The Morgan fingerprint density at radius 3 is 2.79 bits per heavy atom. The van der Waals surface area contributed by atoms with Crippen molar-refractivity contribution in [3.8, 4) is 12.3 Å². The summed E-state index contributed by atoms with van der Waals surface area (Å²) in [6.07, 6.45) is 8.40. The van der Waals surface area contributed by atoms with Crippen molar-refractivity contribution in [3.63, 3.8) is 0 Å². The van der Waals surface area contributed by atoms with Gasteiger partial charge in [0.25, 0.3) is 0 Å². The molecule has 0 saturated heterocycles. The Bertz CT molecular complexity index is 225. The molecule has 3 nitrogen and oxygen atoms in total. The van der Waals surface area contributed by atoms with Crippen LogP contribution in [0.4, 0.5) is 0 Å². The summed E-state index contributed by atoms with van der Waals surface area (Å²) < 4.78 is 4.93. The second-order valence-corrected chi connectivity index (χ2v) is 3.98. The number of ether oxygens (including phenoxy) is 1. The number of carbonyl (C=O) groups is 1. The monoisotopic (exact) mass is 215 g/mol. The number of terminal acetylenes is 1. The molecule has 80 valence electrons. The number of carbonyl (C=O) groups excluding carboxylic acids is 1. The fraction of sp³-hybridized carbons (Fsp3) is 0.700. The van der Waals surface area contributed by atoms with E-state index >= 15 is 0 Å². The van der Waals surface area contributed by atoms with E-state index < -0.39 is 11.5 Å². The minimum Gasteiger partial charge on any atom is -0.464 e. The molecule has 0 aliphatic carbocycles. The minimum atomic E-state index is -1.25. The van der Waals surface area contributed by atoms with Gasteiger partial charge in [0, 0.05) is 0 Å². The summed E-state index contributed by atoms with van der Waals surface area (Å²) in [5.74, 6) is 2.57. The first-order valence-electron chi connectivity index (χ1n) is 4.53. The van der Waals surface area contributed by atoms with Crippen LogP contribution in [0.1, 0.15) is 19.8 Å². The van der Waals surface area contributed by atoms with E-state index in [1.165, 1.54) is 0 Å². The van der Waals surface area contributed by atoms with Gasteiger partial charge in [-0.25, -0.2) is 4.79 Å². The maximum atomic E-state index is 11.5. The van der Waals surface area contributed by atoms with Crippen LogP contribution in [0.3, 0.4) is 0 Å². The molecule has 0 aliphatic heterocycles. The third-order valence-corrected chi connectivity index (χ3v) is 2.37. The van der Waals surface area contributed by atoms with Crippen LogP contribution in [-0.2, 0) is 9.53 Å². The fourth-order valence-corrected chi connectivity index (χ4v) is 1.35. The minimum absolute atomic E-state index is 0.374. The zero-order valence-corrected chi connectivity index (χ0v) is 9.52. The van der Waals surface area contributed by atoms with Crippen LogP contribution >= 0.6 is 11.8 Å². The smallest absolute Gasteiger partial charge is 0.338 e. The van der Waals surface area contributed by atoms with Crippen LogP contribution in [0.2, 0.25) is 0 Å². The van der Waals surface area contributed by atoms with Gasteiger partial charge in [0.1, 0.15) is 0 Å². The van der Waals surface area contributed by atoms with Crippen molar-refractivity contribution < 1.29 is 9.53 Å². The third kappa shape index (κ3) is 4.03. The molecule has 0 spiro atoms. The summed E-state index contributed by atoms with van der Waals surface area (Å²) >= 11 is 1.60. The standard InChI is InChI=1S/C10H17NO2S/c1-4-7-13-9(12)10(11,5-2)6-8-14-3/h2H,4,6-8,11H2,1,3H3. The lowest BCUT2D eigenvalue weighted by molar-refractivity contribution is -0.147. The lowest BCUT2D eigenvalue weighted by Gasteiger charge is -2.20. The van der Waals surface area contributed by atoms with Crippen molar-refractivity contribution in [2.45, 2.75) is 25.3 Å². The van der Waals surface area contributed by atoms with Crippen LogP contribution in [0.25, 0.3) is 0 Å². The Morgan fingerprint density at radius 1 is 1.71 bits per heavy atom. The normalized spacial score (nSPS) is 14.1. The average Bonchev–Trinajstić information content (AvgIpc) is 2.22. The quantitative estimate of drug-likeness (QED) is 0.531. The van der Waals surface area contributed by atoms with Crippen LogP contribution in [0.5, 0.6) is 0 Å². The van der Waals surface area contributed by atoms with Crippen molar-refractivity contribution in [1.29, 1.82) is 0 Å². The van der Waals surface area contributed by atoms with Crippen LogP contribution < -0.4 is 5.73 Å². The summed E-state index contributed by atoms with van der Waals surface area (Å²) in [5.41, 5.74) is 4.49. The Balaban J connectivity index is 4.22. The lowest BCUT2D eigenvalue weighted by atomic mass is 9.99. The fourth-order valence-electron chi connectivity index (χ4n) is 0.820. The molecule has 2 N–H and O–H groups in total. The van der Waals surface area contributed by atoms with E-state index in [0.717, 1.165) is 12.2 Å². The Hall–Kier alpha value is -0.660. The van der Waals surface area contributed by atoms with Gasteiger partial charge in [-0.3, -0.25) is 0 Å². The SMILES string of the molecule is C#CC(N)(CCSC)C(=O)OCCC. The highest BCUT2D eigenvalue weighted by atomic mass is 32.2. The summed E-state index contributed by atoms with van der Waals surface area (Å²) in [6, 6.07) is 0. The highest BCUT2D eigenvalue weighted by Crippen LogP contribution is 2.11. The zero-order valence-electron chi connectivity index (χ0n) is 8.71. The molecule has 1 unspecified atom stereocenters. The van der Waals surface area contributed by atoms with Gasteiger partial charge < -0.3 is 10.5 Å². The average molecular weight is 215 g/mol. The molecule has 0 aromatic heterocycles. The van der Waals surface area contributed by atoms with Gasteiger partial charge in [0.15, 0.2) is 5.54 Å². The van der Waals surface area contributed by atoms with E-state index in [2.05, 4.69) is 5.92 Å². The maximum Gasteiger partial charge on any atom is 0.338 e. The molecule has 0 saturated carbocycles. The van der Waals surface area contributed by atoms with Crippen LogP contribution in [0.15, 0.2) is 0 Å². The van der Waals surface area contributed by atoms with Crippen molar-refractivity contribution in [3.05, 3.63) is 0 Å². The van der Waals surface area contributed by atoms with Gasteiger partial charge in [-0.1, -0.05) is 12.8 Å². The Morgan fingerprint density at radius 2 is 2.36 bits per heavy atom. The maximum absolute atomic E-state index is 11.5. The van der Waals surface area contributed by atoms with Crippen molar-refractivity contribution in [2.24, 2.45) is 5.73 Å². The molecular weight excluding hydrogens is 198 g/mol. The van der Waals surface area contributed by atoms with Gasteiger partial charge in [0.2, 0.25) is 0 Å². The second kappa shape index (κ2) is 6.74. The summed E-state index contributed by atoms with van der Waals surface area (Å²) in [6.45, 7) is 2.29. The first-order valence-corrected chi connectivity index (χ1v) is 5.93. The highest BCUT2D eigenvalue weighted by molar-refractivity contribution is 7.98. The molecule has 0 heterocycles.